The average molecular weight is 873 g/mol. The topological polar surface area (TPSA) is 78.9 Å². The van der Waals surface area contributed by atoms with E-state index in [0.717, 1.165) is 83.5 Å². The Morgan fingerprint density at radius 2 is 0.619 bits per heavy atom. The summed E-state index contributed by atoms with van der Waals surface area (Å²) in [6.07, 6.45) is 68.0. The zero-order valence-corrected chi connectivity index (χ0v) is 40.5. The van der Waals surface area contributed by atoms with E-state index in [4.69, 9.17) is 14.2 Å². The molecule has 0 saturated carbocycles. The summed E-state index contributed by atoms with van der Waals surface area (Å²) in [7, 11) is 0. The number of carbonyl (C=O) groups excluding carboxylic acids is 3. The predicted octanol–water partition coefficient (Wildman–Crippen LogP) is 16.8. The zero-order valence-electron chi connectivity index (χ0n) is 40.5. The van der Waals surface area contributed by atoms with Crippen molar-refractivity contribution in [3.8, 4) is 0 Å². The lowest BCUT2D eigenvalue weighted by atomic mass is 10.1. The molecule has 0 saturated heterocycles. The number of carbonyl (C=O) groups is 3. The van der Waals surface area contributed by atoms with Gasteiger partial charge in [0.2, 0.25) is 0 Å². The molecule has 0 unspecified atom stereocenters. The van der Waals surface area contributed by atoms with Gasteiger partial charge < -0.3 is 14.2 Å². The van der Waals surface area contributed by atoms with Crippen LogP contribution in [0, 0.1) is 0 Å². The minimum atomic E-state index is -0.832. The van der Waals surface area contributed by atoms with E-state index in [-0.39, 0.29) is 44.0 Å². The summed E-state index contributed by atoms with van der Waals surface area (Å²) in [5.74, 6) is -1.07. The molecule has 0 aliphatic heterocycles. The Morgan fingerprint density at radius 1 is 0.317 bits per heavy atom. The van der Waals surface area contributed by atoms with Crippen LogP contribution in [-0.4, -0.2) is 37.2 Å². The number of unbranched alkanes of at least 4 members (excludes halogenated alkanes) is 15. The van der Waals surface area contributed by atoms with E-state index in [1.54, 1.807) is 0 Å². The van der Waals surface area contributed by atoms with Gasteiger partial charge in [0.1, 0.15) is 13.2 Å². The van der Waals surface area contributed by atoms with Gasteiger partial charge in [-0.15, -0.1) is 0 Å². The van der Waals surface area contributed by atoms with Gasteiger partial charge in [0.25, 0.3) is 0 Å². The summed E-state index contributed by atoms with van der Waals surface area (Å²) in [5.41, 5.74) is 0. The zero-order chi connectivity index (χ0) is 45.8. The van der Waals surface area contributed by atoms with Crippen molar-refractivity contribution >= 4 is 17.9 Å². The smallest absolute Gasteiger partial charge is 0.306 e. The van der Waals surface area contributed by atoms with Gasteiger partial charge in [0.15, 0.2) is 6.10 Å². The summed E-state index contributed by atoms with van der Waals surface area (Å²) < 4.78 is 16.6. The average Bonchev–Trinajstić information content (AvgIpc) is 3.28. The molecule has 63 heavy (non-hydrogen) atoms. The quantitative estimate of drug-likeness (QED) is 0.0263. The number of rotatable bonds is 44. The molecule has 0 bridgehead atoms. The fourth-order valence-corrected chi connectivity index (χ4v) is 6.35. The second-order valence-electron chi connectivity index (χ2n) is 16.4. The van der Waals surface area contributed by atoms with Gasteiger partial charge in [0, 0.05) is 19.3 Å². The Bertz CT molecular complexity index is 1330. The van der Waals surface area contributed by atoms with Gasteiger partial charge in [0.05, 0.1) is 0 Å². The van der Waals surface area contributed by atoms with Crippen LogP contribution in [0.15, 0.2) is 109 Å². The number of hydrogen-bond acceptors (Lipinski definition) is 6. The van der Waals surface area contributed by atoms with Gasteiger partial charge in [-0.3, -0.25) is 14.4 Å². The molecule has 0 fully saturated rings. The Kier molecular flexibility index (Phi) is 47.5. The molecule has 0 spiro atoms. The molecule has 356 valence electrons. The second-order valence-corrected chi connectivity index (χ2v) is 16.4. The molecule has 0 heterocycles. The first-order valence-electron chi connectivity index (χ1n) is 25.4. The van der Waals surface area contributed by atoms with Crippen molar-refractivity contribution < 1.29 is 28.6 Å². The van der Waals surface area contributed by atoms with Crippen LogP contribution in [0.2, 0.25) is 0 Å². The summed E-state index contributed by atoms with van der Waals surface area (Å²) in [4.78, 5) is 37.9. The maximum absolute atomic E-state index is 12.8. The molecule has 0 amide bonds. The molecule has 0 aliphatic carbocycles. The van der Waals surface area contributed by atoms with Crippen molar-refractivity contribution in [3.05, 3.63) is 109 Å². The predicted molar refractivity (Wildman–Crippen MR) is 270 cm³/mol. The van der Waals surface area contributed by atoms with Gasteiger partial charge in [-0.05, 0) is 116 Å². The summed E-state index contributed by atoms with van der Waals surface area (Å²) >= 11 is 0. The maximum atomic E-state index is 12.8. The molecule has 0 aromatic rings. The van der Waals surface area contributed by atoms with Crippen LogP contribution >= 0.6 is 0 Å². The molecule has 0 radical (unpaired) electrons. The highest BCUT2D eigenvalue weighted by atomic mass is 16.6. The first-order chi connectivity index (χ1) is 31.0. The van der Waals surface area contributed by atoms with E-state index >= 15 is 0 Å². The Labute approximate surface area is 387 Å². The monoisotopic (exact) mass is 873 g/mol. The van der Waals surface area contributed by atoms with E-state index in [1.807, 2.05) is 12.2 Å². The van der Waals surface area contributed by atoms with Crippen LogP contribution in [0.3, 0.4) is 0 Å². The van der Waals surface area contributed by atoms with Crippen molar-refractivity contribution in [2.24, 2.45) is 0 Å². The fourth-order valence-electron chi connectivity index (χ4n) is 6.35. The minimum Gasteiger partial charge on any atom is -0.462 e. The van der Waals surface area contributed by atoms with Crippen molar-refractivity contribution in [1.29, 1.82) is 0 Å². The molecule has 0 aromatic carbocycles. The van der Waals surface area contributed by atoms with Gasteiger partial charge >= 0.3 is 17.9 Å². The molecule has 6 nitrogen and oxygen atoms in total. The molecule has 0 aromatic heterocycles. The van der Waals surface area contributed by atoms with E-state index in [2.05, 4.69) is 118 Å². The third-order valence-electron chi connectivity index (χ3n) is 10.2. The molecule has 0 aliphatic rings. The number of hydrogen-bond donors (Lipinski definition) is 0. The largest absolute Gasteiger partial charge is 0.462 e. The molecule has 1 atom stereocenters. The van der Waals surface area contributed by atoms with Crippen molar-refractivity contribution in [2.45, 2.75) is 219 Å². The standard InChI is InChI=1S/C57H92O6/c1-4-7-10-13-16-19-22-24-26-27-28-29-31-32-35-38-41-44-47-50-56(59)62-53-54(52-61-55(58)49-46-43-40-37-34-21-18-15-12-9-6-3)63-57(60)51-48-45-42-39-36-33-30-25-23-20-17-14-11-8-5-2/h15-20,24-26,28-30,32,35-36,39,41,44,54H,4-14,21-23,27,31,33-34,37-38,40,42-43,45-53H2,1-3H3/b18-15-,19-16-,20-17-,26-24-,29-28-,30-25-,35-32-,39-36-,44-41-/t54-/m0/s1. The molecule has 0 N–H and O–H groups in total. The third kappa shape index (κ3) is 49.0. The Hall–Kier alpha value is -3.93. The first kappa shape index (κ1) is 59.1. The normalized spacial score (nSPS) is 13.0. The highest BCUT2D eigenvalue weighted by Gasteiger charge is 2.19. The number of allylic oxidation sites excluding steroid dienone is 18. The van der Waals surface area contributed by atoms with Crippen molar-refractivity contribution in [2.75, 3.05) is 13.2 Å². The van der Waals surface area contributed by atoms with Crippen LogP contribution in [0.25, 0.3) is 0 Å². The SMILES string of the molecule is CCCC/C=C\CCCCCCCC(=O)OC[C@@H](COC(=O)CC/C=C\C/C=C\C/C=C\C/C=C\C/C=C\CCCCC)OC(=O)CCCC/C=C\C/C=C\C/C=C\CCCCC. The van der Waals surface area contributed by atoms with E-state index in [9.17, 15) is 14.4 Å². The molecular formula is C57H92O6. The minimum absolute atomic E-state index is 0.123. The summed E-state index contributed by atoms with van der Waals surface area (Å²) in [6, 6.07) is 0. The van der Waals surface area contributed by atoms with Gasteiger partial charge in [-0.25, -0.2) is 0 Å². The highest BCUT2D eigenvalue weighted by Crippen LogP contribution is 2.11. The molecular weight excluding hydrogens is 781 g/mol. The van der Waals surface area contributed by atoms with Gasteiger partial charge in [-0.2, -0.15) is 0 Å². The van der Waals surface area contributed by atoms with Crippen molar-refractivity contribution in [1.82, 2.24) is 0 Å². The maximum Gasteiger partial charge on any atom is 0.306 e. The number of esters is 3. The van der Waals surface area contributed by atoms with Crippen LogP contribution in [0.4, 0.5) is 0 Å². The summed E-state index contributed by atoms with van der Waals surface area (Å²) in [6.45, 7) is 6.41. The lowest BCUT2D eigenvalue weighted by Crippen LogP contribution is -2.30. The fraction of sp³-hybridized carbons (Fsp3) is 0.632. The van der Waals surface area contributed by atoms with Crippen LogP contribution in [0.5, 0.6) is 0 Å². The second kappa shape index (κ2) is 50.7. The van der Waals surface area contributed by atoms with E-state index < -0.39 is 6.10 Å². The lowest BCUT2D eigenvalue weighted by molar-refractivity contribution is -0.166. The first-order valence-corrected chi connectivity index (χ1v) is 25.4. The van der Waals surface area contributed by atoms with E-state index in [0.29, 0.717) is 19.3 Å². The molecule has 6 heteroatoms. The third-order valence-corrected chi connectivity index (χ3v) is 10.2. The Morgan fingerprint density at radius 3 is 1.08 bits per heavy atom. The number of ether oxygens (including phenoxy) is 3. The van der Waals surface area contributed by atoms with E-state index in [1.165, 1.54) is 77.0 Å². The van der Waals surface area contributed by atoms with Gasteiger partial charge in [-0.1, -0.05) is 188 Å². The van der Waals surface area contributed by atoms with Crippen LogP contribution < -0.4 is 0 Å². The Balaban J connectivity index is 4.57. The van der Waals surface area contributed by atoms with Crippen molar-refractivity contribution in [3.63, 3.8) is 0 Å². The van der Waals surface area contributed by atoms with Crippen LogP contribution in [-0.2, 0) is 28.6 Å². The van der Waals surface area contributed by atoms with Crippen LogP contribution in [0.1, 0.15) is 213 Å². The highest BCUT2D eigenvalue weighted by molar-refractivity contribution is 5.71. The summed E-state index contributed by atoms with van der Waals surface area (Å²) in [5, 5.41) is 0. The molecule has 0 rings (SSSR count). The lowest BCUT2D eigenvalue weighted by Gasteiger charge is -2.18.